The van der Waals surface area contributed by atoms with E-state index in [0.29, 0.717) is 0 Å². The van der Waals surface area contributed by atoms with E-state index in [-0.39, 0.29) is 0 Å². The third kappa shape index (κ3) is 4.39. The van der Waals surface area contributed by atoms with Gasteiger partial charge in [0.2, 0.25) is 0 Å². The number of hydrogen-bond donors (Lipinski definition) is 1. The number of aryl methyl sites for hydroxylation is 2. The summed E-state index contributed by atoms with van der Waals surface area (Å²) in [4.78, 5) is 4.43. The van der Waals surface area contributed by atoms with Crippen LogP contribution >= 0.6 is 11.3 Å². The molecular formula is C10H18N2S. The van der Waals surface area contributed by atoms with E-state index >= 15 is 0 Å². The van der Waals surface area contributed by atoms with Crippen LogP contribution < -0.4 is 5.32 Å². The van der Waals surface area contributed by atoms with Gasteiger partial charge in [0, 0.05) is 5.38 Å². The summed E-state index contributed by atoms with van der Waals surface area (Å²) in [6, 6.07) is 0. The highest BCUT2D eigenvalue weighted by atomic mass is 32.1. The van der Waals surface area contributed by atoms with Crippen LogP contribution in [-0.2, 0) is 6.42 Å². The quantitative estimate of drug-likeness (QED) is 0.710. The van der Waals surface area contributed by atoms with Crippen molar-refractivity contribution < 1.29 is 0 Å². The molecule has 0 unspecified atom stereocenters. The van der Waals surface area contributed by atoms with Crippen LogP contribution in [0.4, 0.5) is 0 Å². The molecule has 0 atom stereocenters. The molecule has 3 heteroatoms. The predicted molar refractivity (Wildman–Crippen MR) is 58.3 cm³/mol. The second kappa shape index (κ2) is 6.11. The molecule has 0 aliphatic carbocycles. The van der Waals surface area contributed by atoms with Crippen LogP contribution in [0.25, 0.3) is 0 Å². The van der Waals surface area contributed by atoms with E-state index < -0.39 is 0 Å². The van der Waals surface area contributed by atoms with Crippen LogP contribution in [0.5, 0.6) is 0 Å². The topological polar surface area (TPSA) is 24.9 Å². The van der Waals surface area contributed by atoms with Crippen molar-refractivity contribution in [2.24, 2.45) is 0 Å². The van der Waals surface area contributed by atoms with E-state index in [1.54, 1.807) is 11.3 Å². The van der Waals surface area contributed by atoms with Crippen molar-refractivity contribution in [1.29, 1.82) is 0 Å². The molecule has 0 spiro atoms. The van der Waals surface area contributed by atoms with Gasteiger partial charge in [-0.2, -0.15) is 0 Å². The molecule has 0 aliphatic rings. The van der Waals surface area contributed by atoms with E-state index in [1.165, 1.54) is 23.5 Å². The van der Waals surface area contributed by atoms with Crippen LogP contribution in [0.2, 0.25) is 0 Å². The zero-order chi connectivity index (χ0) is 9.52. The molecule has 13 heavy (non-hydrogen) atoms. The van der Waals surface area contributed by atoms with Gasteiger partial charge >= 0.3 is 0 Å². The van der Waals surface area contributed by atoms with E-state index in [4.69, 9.17) is 0 Å². The molecule has 0 aromatic carbocycles. The number of aromatic nitrogens is 1. The Morgan fingerprint density at radius 1 is 1.46 bits per heavy atom. The zero-order valence-electron chi connectivity index (χ0n) is 8.47. The number of rotatable bonds is 6. The van der Waals surface area contributed by atoms with Crippen LogP contribution in [-0.4, -0.2) is 18.1 Å². The fourth-order valence-corrected chi connectivity index (χ4v) is 1.90. The van der Waals surface area contributed by atoms with Crippen LogP contribution in [0.15, 0.2) is 5.38 Å². The second-order valence-corrected chi connectivity index (χ2v) is 4.23. The van der Waals surface area contributed by atoms with Crippen LogP contribution in [0.3, 0.4) is 0 Å². The number of unbranched alkanes of at least 4 members (excludes halogenated alkanes) is 1. The molecule has 0 radical (unpaired) electrons. The maximum Gasteiger partial charge on any atom is 0.0897 e. The minimum absolute atomic E-state index is 1.08. The summed E-state index contributed by atoms with van der Waals surface area (Å²) in [5.41, 5.74) is 1.26. The van der Waals surface area contributed by atoms with Gasteiger partial charge in [0.15, 0.2) is 0 Å². The number of thiazole rings is 1. The molecule has 1 aromatic rings. The Kier molecular flexibility index (Phi) is 5.01. The first-order valence-corrected chi connectivity index (χ1v) is 5.82. The average molecular weight is 198 g/mol. The Balaban J connectivity index is 2.06. The van der Waals surface area contributed by atoms with Crippen molar-refractivity contribution in [3.05, 3.63) is 16.1 Å². The van der Waals surface area contributed by atoms with Crippen molar-refractivity contribution in [1.82, 2.24) is 10.3 Å². The molecule has 0 saturated carbocycles. The Bertz CT molecular complexity index is 233. The summed E-state index contributed by atoms with van der Waals surface area (Å²) in [7, 11) is 0. The van der Waals surface area contributed by atoms with Crippen molar-refractivity contribution in [2.45, 2.75) is 33.1 Å². The van der Waals surface area contributed by atoms with E-state index in [0.717, 1.165) is 19.5 Å². The molecule has 0 bridgehead atoms. The lowest BCUT2D eigenvalue weighted by atomic mass is 10.2. The van der Waals surface area contributed by atoms with Gasteiger partial charge in [0.05, 0.1) is 10.7 Å². The SMILES string of the molecule is CCNCCCCc1csc(C)n1. The largest absolute Gasteiger partial charge is 0.317 e. The van der Waals surface area contributed by atoms with Gasteiger partial charge in [-0.05, 0) is 39.3 Å². The average Bonchev–Trinajstić information content (AvgIpc) is 2.51. The van der Waals surface area contributed by atoms with Gasteiger partial charge in [-0.15, -0.1) is 11.3 Å². The highest BCUT2D eigenvalue weighted by Gasteiger charge is 1.97. The molecule has 2 nitrogen and oxygen atoms in total. The molecule has 0 fully saturated rings. The lowest BCUT2D eigenvalue weighted by Crippen LogP contribution is -2.13. The fourth-order valence-electron chi connectivity index (χ4n) is 1.26. The Labute approximate surface area is 84.4 Å². The smallest absolute Gasteiger partial charge is 0.0897 e. The lowest BCUT2D eigenvalue weighted by Gasteiger charge is -1.99. The molecule has 1 rings (SSSR count). The molecule has 1 N–H and O–H groups in total. The van der Waals surface area contributed by atoms with Crippen LogP contribution in [0.1, 0.15) is 30.5 Å². The van der Waals surface area contributed by atoms with Gasteiger partial charge in [-0.1, -0.05) is 6.92 Å². The van der Waals surface area contributed by atoms with E-state index in [2.05, 4.69) is 29.5 Å². The summed E-state index contributed by atoms with van der Waals surface area (Å²) in [5.74, 6) is 0. The number of nitrogens with zero attached hydrogens (tertiary/aromatic N) is 1. The van der Waals surface area contributed by atoms with Gasteiger partial charge in [0.25, 0.3) is 0 Å². The molecular weight excluding hydrogens is 180 g/mol. The summed E-state index contributed by atoms with van der Waals surface area (Å²) in [6.45, 7) is 6.42. The third-order valence-electron chi connectivity index (χ3n) is 1.95. The fraction of sp³-hybridized carbons (Fsp3) is 0.700. The highest BCUT2D eigenvalue weighted by Crippen LogP contribution is 2.10. The summed E-state index contributed by atoms with van der Waals surface area (Å²) >= 11 is 1.75. The summed E-state index contributed by atoms with van der Waals surface area (Å²) in [6.07, 6.45) is 3.64. The normalized spacial score (nSPS) is 10.6. The molecule has 1 aromatic heterocycles. The molecule has 74 valence electrons. The van der Waals surface area contributed by atoms with E-state index in [9.17, 15) is 0 Å². The van der Waals surface area contributed by atoms with Gasteiger partial charge in [-0.25, -0.2) is 4.98 Å². The van der Waals surface area contributed by atoms with Crippen molar-refractivity contribution in [3.63, 3.8) is 0 Å². The minimum atomic E-state index is 1.08. The first kappa shape index (κ1) is 10.7. The first-order valence-electron chi connectivity index (χ1n) is 4.94. The zero-order valence-corrected chi connectivity index (χ0v) is 9.28. The van der Waals surface area contributed by atoms with Crippen LogP contribution in [0, 0.1) is 6.92 Å². The third-order valence-corrected chi connectivity index (χ3v) is 2.78. The Morgan fingerprint density at radius 3 is 2.92 bits per heavy atom. The standard InChI is InChI=1S/C10H18N2S/c1-3-11-7-5-4-6-10-8-13-9(2)12-10/h8,11H,3-7H2,1-2H3. The van der Waals surface area contributed by atoms with Gasteiger partial charge in [-0.3, -0.25) is 0 Å². The molecule has 0 saturated heterocycles. The number of nitrogens with one attached hydrogen (secondary N) is 1. The van der Waals surface area contributed by atoms with Crippen molar-refractivity contribution in [2.75, 3.05) is 13.1 Å². The van der Waals surface area contributed by atoms with Gasteiger partial charge < -0.3 is 5.32 Å². The number of hydrogen-bond acceptors (Lipinski definition) is 3. The minimum Gasteiger partial charge on any atom is -0.317 e. The summed E-state index contributed by atoms with van der Waals surface area (Å²) in [5, 5.41) is 6.67. The first-order chi connectivity index (χ1) is 6.33. The van der Waals surface area contributed by atoms with Crippen molar-refractivity contribution >= 4 is 11.3 Å². The molecule has 0 aliphatic heterocycles. The Hall–Kier alpha value is -0.410. The predicted octanol–water partition coefficient (Wildman–Crippen LogP) is 2.38. The monoisotopic (exact) mass is 198 g/mol. The summed E-state index contributed by atoms with van der Waals surface area (Å²) < 4.78 is 0. The molecule has 1 heterocycles. The maximum atomic E-state index is 4.43. The van der Waals surface area contributed by atoms with Gasteiger partial charge in [0.1, 0.15) is 0 Å². The highest BCUT2D eigenvalue weighted by molar-refractivity contribution is 7.09. The van der Waals surface area contributed by atoms with Crippen molar-refractivity contribution in [3.8, 4) is 0 Å². The Morgan fingerprint density at radius 2 is 2.31 bits per heavy atom. The lowest BCUT2D eigenvalue weighted by molar-refractivity contribution is 0.637. The molecule has 0 amide bonds. The second-order valence-electron chi connectivity index (χ2n) is 3.17. The maximum absolute atomic E-state index is 4.43. The van der Waals surface area contributed by atoms with E-state index in [1.807, 2.05) is 0 Å².